The van der Waals surface area contributed by atoms with Crippen molar-refractivity contribution in [1.82, 2.24) is 0 Å². The Balaban J connectivity index is 2.98. The van der Waals surface area contributed by atoms with Gasteiger partial charge >= 0.3 is 13.6 Å². The zero-order chi connectivity index (χ0) is 15.9. The molecular weight excluding hydrogens is 363 g/mol. The van der Waals surface area contributed by atoms with E-state index in [4.69, 9.17) is 18.2 Å². The molecule has 1 aromatic heterocycles. The summed E-state index contributed by atoms with van der Waals surface area (Å²) in [4.78, 5) is 11.8. The highest BCUT2D eigenvalue weighted by Gasteiger charge is 2.28. The minimum absolute atomic E-state index is 0.0198. The summed E-state index contributed by atoms with van der Waals surface area (Å²) < 4.78 is 33.4. The van der Waals surface area contributed by atoms with Gasteiger partial charge in [-0.1, -0.05) is 15.9 Å². The van der Waals surface area contributed by atoms with Gasteiger partial charge in [0.25, 0.3) is 0 Å². The van der Waals surface area contributed by atoms with E-state index in [1.54, 1.807) is 20.8 Å². The zero-order valence-electron chi connectivity index (χ0n) is 12.4. The molecule has 0 aliphatic rings. The molecule has 1 rings (SSSR count). The molecule has 0 fully saturated rings. The van der Waals surface area contributed by atoms with Gasteiger partial charge in [-0.3, -0.25) is 4.57 Å². The molecule has 0 aromatic carbocycles. The van der Waals surface area contributed by atoms with Gasteiger partial charge < -0.3 is 18.2 Å². The molecule has 6 nitrogen and oxygen atoms in total. The van der Waals surface area contributed by atoms with Crippen LogP contribution in [0.3, 0.4) is 0 Å². The van der Waals surface area contributed by atoms with Crippen LogP contribution in [0.15, 0.2) is 10.5 Å². The molecule has 0 N–H and O–H groups in total. The van der Waals surface area contributed by atoms with Crippen LogP contribution in [0, 0.1) is 0 Å². The average molecular weight is 383 g/mol. The predicted octanol–water partition coefficient (Wildman–Crippen LogP) is 4.12. The van der Waals surface area contributed by atoms with Crippen LogP contribution in [0.2, 0.25) is 0 Å². The lowest BCUT2D eigenvalue weighted by molar-refractivity contribution is 0.0524. The van der Waals surface area contributed by atoms with Gasteiger partial charge in [-0.05, 0) is 26.8 Å². The molecule has 0 saturated heterocycles. The van der Waals surface area contributed by atoms with Crippen molar-refractivity contribution in [2.24, 2.45) is 0 Å². The third-order valence-corrected chi connectivity index (χ3v) is 4.99. The second kappa shape index (κ2) is 8.73. The summed E-state index contributed by atoms with van der Waals surface area (Å²) in [6.45, 7) is 6.02. The summed E-state index contributed by atoms with van der Waals surface area (Å²) in [5, 5.41) is 0.356. The standard InChI is InChI=1S/C13H20BrO6P/c1-4-17-13(15)11-7-10(20-12(11)8-14)9-21(16,18-5-2)19-6-3/h7H,4-6,8-9H2,1-3H3. The molecule has 0 amide bonds. The fourth-order valence-electron chi connectivity index (χ4n) is 1.76. The maximum atomic E-state index is 12.5. The molecular formula is C13H20BrO6P. The Labute approximate surface area is 132 Å². The molecule has 0 spiro atoms. The molecule has 21 heavy (non-hydrogen) atoms. The molecule has 1 aromatic rings. The predicted molar refractivity (Wildman–Crippen MR) is 81.9 cm³/mol. The van der Waals surface area contributed by atoms with Gasteiger partial charge in [0.2, 0.25) is 0 Å². The van der Waals surface area contributed by atoms with Crippen LogP contribution in [0.1, 0.15) is 42.6 Å². The van der Waals surface area contributed by atoms with Crippen molar-refractivity contribution in [3.63, 3.8) is 0 Å². The molecule has 120 valence electrons. The number of ether oxygens (including phenoxy) is 1. The van der Waals surface area contributed by atoms with Crippen LogP contribution in [0.4, 0.5) is 0 Å². The van der Waals surface area contributed by atoms with E-state index in [0.717, 1.165) is 0 Å². The highest BCUT2D eigenvalue weighted by Crippen LogP contribution is 2.51. The number of carbonyl (C=O) groups excluding carboxylic acids is 1. The zero-order valence-corrected chi connectivity index (χ0v) is 14.9. The van der Waals surface area contributed by atoms with Gasteiger partial charge in [0.05, 0.1) is 25.2 Å². The van der Waals surface area contributed by atoms with Crippen LogP contribution in [0.5, 0.6) is 0 Å². The van der Waals surface area contributed by atoms with Gasteiger partial charge in [0.15, 0.2) is 0 Å². The first-order chi connectivity index (χ1) is 9.99. The largest absolute Gasteiger partial charge is 0.464 e. The Morgan fingerprint density at radius 3 is 2.33 bits per heavy atom. The van der Waals surface area contributed by atoms with E-state index in [9.17, 15) is 9.36 Å². The summed E-state index contributed by atoms with van der Waals surface area (Å²) in [5.41, 5.74) is 0.322. The van der Waals surface area contributed by atoms with Crippen molar-refractivity contribution >= 4 is 29.5 Å². The van der Waals surface area contributed by atoms with E-state index in [-0.39, 0.29) is 26.0 Å². The van der Waals surface area contributed by atoms with E-state index in [1.807, 2.05) is 0 Å². The summed E-state index contributed by atoms with van der Waals surface area (Å²) in [6.07, 6.45) is -0.0198. The number of halogens is 1. The minimum atomic E-state index is -3.27. The lowest BCUT2D eigenvalue weighted by Crippen LogP contribution is -2.05. The number of hydrogen-bond donors (Lipinski definition) is 0. The second-order valence-corrected chi connectivity index (χ2v) is 6.62. The summed E-state index contributed by atoms with van der Waals surface area (Å²) in [6, 6.07) is 1.53. The highest BCUT2D eigenvalue weighted by atomic mass is 79.9. The molecule has 0 aliphatic carbocycles. The first-order valence-electron chi connectivity index (χ1n) is 6.72. The fourth-order valence-corrected chi connectivity index (χ4v) is 3.75. The molecule has 0 bridgehead atoms. The maximum absolute atomic E-state index is 12.5. The topological polar surface area (TPSA) is 75.0 Å². The third-order valence-electron chi connectivity index (χ3n) is 2.48. The van der Waals surface area contributed by atoms with E-state index in [1.165, 1.54) is 6.07 Å². The summed E-state index contributed by atoms with van der Waals surface area (Å²) in [7, 11) is -3.27. The van der Waals surface area contributed by atoms with Gasteiger partial charge in [0.1, 0.15) is 23.2 Å². The van der Waals surface area contributed by atoms with Crippen LogP contribution < -0.4 is 0 Å². The monoisotopic (exact) mass is 382 g/mol. The summed E-state index contributed by atoms with van der Waals surface area (Å²) >= 11 is 3.25. The van der Waals surface area contributed by atoms with Crippen LogP contribution >= 0.6 is 23.5 Å². The van der Waals surface area contributed by atoms with Gasteiger partial charge in [-0.25, -0.2) is 4.79 Å². The number of carbonyl (C=O) groups is 1. The minimum Gasteiger partial charge on any atom is -0.464 e. The number of furan rings is 1. The second-order valence-electron chi connectivity index (χ2n) is 4.01. The first kappa shape index (κ1) is 18.4. The first-order valence-corrected chi connectivity index (χ1v) is 9.57. The third kappa shape index (κ3) is 5.25. The van der Waals surface area contributed by atoms with Crippen molar-refractivity contribution in [2.75, 3.05) is 19.8 Å². The Kier molecular flexibility index (Phi) is 7.66. The van der Waals surface area contributed by atoms with Crippen molar-refractivity contribution in [1.29, 1.82) is 0 Å². The quantitative estimate of drug-likeness (QED) is 0.363. The van der Waals surface area contributed by atoms with E-state index >= 15 is 0 Å². The van der Waals surface area contributed by atoms with Crippen LogP contribution in [0.25, 0.3) is 0 Å². The van der Waals surface area contributed by atoms with E-state index < -0.39 is 13.6 Å². The van der Waals surface area contributed by atoms with Crippen molar-refractivity contribution in [3.8, 4) is 0 Å². The summed E-state index contributed by atoms with van der Waals surface area (Å²) in [5.74, 6) is 0.338. The molecule has 0 saturated carbocycles. The van der Waals surface area contributed by atoms with Crippen molar-refractivity contribution in [2.45, 2.75) is 32.3 Å². The molecule has 1 heterocycles. The highest BCUT2D eigenvalue weighted by molar-refractivity contribution is 9.08. The SMILES string of the molecule is CCOC(=O)c1cc(CP(=O)(OCC)OCC)oc1CBr. The Morgan fingerprint density at radius 1 is 1.24 bits per heavy atom. The molecule has 0 aliphatic heterocycles. The fraction of sp³-hybridized carbons (Fsp3) is 0.615. The Hall–Kier alpha value is -0.620. The average Bonchev–Trinajstić information content (AvgIpc) is 2.82. The van der Waals surface area contributed by atoms with E-state index in [2.05, 4.69) is 15.9 Å². The Morgan fingerprint density at radius 2 is 1.86 bits per heavy atom. The maximum Gasteiger partial charge on any atom is 0.341 e. The molecule has 0 atom stereocenters. The van der Waals surface area contributed by atoms with Gasteiger partial charge in [0, 0.05) is 0 Å². The smallest absolute Gasteiger partial charge is 0.341 e. The molecule has 0 radical (unpaired) electrons. The van der Waals surface area contributed by atoms with Crippen molar-refractivity contribution in [3.05, 3.63) is 23.2 Å². The normalized spacial score (nSPS) is 11.6. The number of esters is 1. The van der Waals surface area contributed by atoms with Crippen LogP contribution in [-0.4, -0.2) is 25.8 Å². The van der Waals surface area contributed by atoms with Gasteiger partial charge in [-0.15, -0.1) is 0 Å². The molecule has 8 heteroatoms. The van der Waals surface area contributed by atoms with Gasteiger partial charge in [-0.2, -0.15) is 0 Å². The number of alkyl halides is 1. The van der Waals surface area contributed by atoms with E-state index in [0.29, 0.717) is 22.4 Å². The van der Waals surface area contributed by atoms with Crippen molar-refractivity contribution < 1.29 is 27.6 Å². The lowest BCUT2D eigenvalue weighted by atomic mass is 10.2. The molecule has 0 unspecified atom stereocenters. The number of hydrogen-bond acceptors (Lipinski definition) is 6. The lowest BCUT2D eigenvalue weighted by Gasteiger charge is -2.15. The number of rotatable bonds is 9. The van der Waals surface area contributed by atoms with Crippen LogP contribution in [-0.2, 0) is 29.8 Å². The Bertz CT molecular complexity index is 503.